The molecule has 1 rings (SSSR count). The normalized spacial score (nSPS) is 18.9. The third-order valence-electron chi connectivity index (χ3n) is 2.81. The molecule has 1 aliphatic rings. The molecule has 0 radical (unpaired) electrons. The summed E-state index contributed by atoms with van der Waals surface area (Å²) in [7, 11) is 0. The number of alkyl halides is 1. The molecule has 0 aromatic rings. The van der Waals surface area contributed by atoms with Gasteiger partial charge < -0.3 is 4.90 Å². The van der Waals surface area contributed by atoms with E-state index in [1.807, 2.05) is 4.90 Å². The topological polar surface area (TPSA) is 23.6 Å². The van der Waals surface area contributed by atoms with Crippen LogP contribution in [-0.2, 0) is 4.79 Å². The number of hydrogen-bond donors (Lipinski definition) is 0. The summed E-state index contributed by atoms with van der Waals surface area (Å²) >= 11 is 3.45. The summed E-state index contributed by atoms with van der Waals surface area (Å²) < 4.78 is 0. The largest absolute Gasteiger partial charge is 0.340 e. The predicted octanol–water partition coefficient (Wildman–Crippen LogP) is 1.96. The lowest BCUT2D eigenvalue weighted by molar-refractivity contribution is -0.134. The Morgan fingerprint density at radius 2 is 1.75 bits per heavy atom. The molecule has 0 aromatic heterocycles. The first kappa shape index (κ1) is 14.0. The minimum Gasteiger partial charge on any atom is -0.340 e. The van der Waals surface area contributed by atoms with E-state index in [0.29, 0.717) is 12.3 Å². The van der Waals surface area contributed by atoms with E-state index in [4.69, 9.17) is 0 Å². The van der Waals surface area contributed by atoms with Crippen LogP contribution < -0.4 is 0 Å². The van der Waals surface area contributed by atoms with Crippen molar-refractivity contribution in [3.05, 3.63) is 0 Å². The highest BCUT2D eigenvalue weighted by Gasteiger charge is 2.24. The Morgan fingerprint density at radius 1 is 1.19 bits per heavy atom. The maximum Gasteiger partial charge on any atom is 0.223 e. The summed E-state index contributed by atoms with van der Waals surface area (Å²) in [6.45, 7) is 11.2. The standard InChI is InChI=1S/C12H23BrN2O/c1-12(2,3)10-11(16)15-8-6-14(5-4-13)7-9-15/h4-10H2,1-3H3. The quantitative estimate of drug-likeness (QED) is 0.742. The van der Waals surface area contributed by atoms with Gasteiger partial charge in [-0.1, -0.05) is 36.7 Å². The molecule has 0 atom stereocenters. The molecule has 94 valence electrons. The van der Waals surface area contributed by atoms with Crippen LogP contribution in [0.1, 0.15) is 27.2 Å². The van der Waals surface area contributed by atoms with E-state index in [1.165, 1.54) is 0 Å². The van der Waals surface area contributed by atoms with Gasteiger partial charge in [0.05, 0.1) is 0 Å². The first-order valence-electron chi connectivity index (χ1n) is 5.98. The van der Waals surface area contributed by atoms with Crippen molar-refractivity contribution < 1.29 is 4.79 Å². The Balaban J connectivity index is 2.33. The maximum atomic E-state index is 12.0. The zero-order valence-electron chi connectivity index (χ0n) is 10.6. The first-order valence-corrected chi connectivity index (χ1v) is 7.10. The Morgan fingerprint density at radius 3 is 2.19 bits per heavy atom. The zero-order chi connectivity index (χ0) is 12.2. The Hall–Kier alpha value is -0.0900. The molecular formula is C12H23BrN2O. The molecule has 0 aromatic carbocycles. The van der Waals surface area contributed by atoms with Crippen molar-refractivity contribution in [2.45, 2.75) is 27.2 Å². The van der Waals surface area contributed by atoms with Crippen LogP contribution in [0.25, 0.3) is 0 Å². The van der Waals surface area contributed by atoms with Gasteiger partial charge in [-0.25, -0.2) is 0 Å². The van der Waals surface area contributed by atoms with Crippen LogP contribution in [0.2, 0.25) is 0 Å². The summed E-state index contributed by atoms with van der Waals surface area (Å²) in [5, 5.41) is 1.02. The highest BCUT2D eigenvalue weighted by molar-refractivity contribution is 9.09. The van der Waals surface area contributed by atoms with Crippen molar-refractivity contribution in [1.82, 2.24) is 9.80 Å². The van der Waals surface area contributed by atoms with Crippen molar-refractivity contribution in [2.75, 3.05) is 38.1 Å². The van der Waals surface area contributed by atoms with Gasteiger partial charge in [-0.2, -0.15) is 0 Å². The lowest BCUT2D eigenvalue weighted by Crippen LogP contribution is -2.49. The summed E-state index contributed by atoms with van der Waals surface area (Å²) in [5.74, 6) is 0.311. The summed E-state index contributed by atoms with van der Waals surface area (Å²) in [6, 6.07) is 0. The van der Waals surface area contributed by atoms with Crippen molar-refractivity contribution in [3.63, 3.8) is 0 Å². The molecule has 0 aliphatic carbocycles. The van der Waals surface area contributed by atoms with Crippen molar-refractivity contribution in [1.29, 1.82) is 0 Å². The van der Waals surface area contributed by atoms with Gasteiger partial charge in [0.2, 0.25) is 5.91 Å². The highest BCUT2D eigenvalue weighted by Crippen LogP contribution is 2.20. The molecule has 4 heteroatoms. The molecule has 0 N–H and O–H groups in total. The molecule has 16 heavy (non-hydrogen) atoms. The average Bonchev–Trinajstić information content (AvgIpc) is 2.16. The Labute approximate surface area is 107 Å². The molecule has 1 aliphatic heterocycles. The average molecular weight is 291 g/mol. The predicted molar refractivity (Wildman–Crippen MR) is 70.9 cm³/mol. The van der Waals surface area contributed by atoms with Crippen molar-refractivity contribution in [2.24, 2.45) is 5.41 Å². The second kappa shape index (κ2) is 6.01. The smallest absolute Gasteiger partial charge is 0.223 e. The molecule has 0 spiro atoms. The van der Waals surface area contributed by atoms with E-state index >= 15 is 0 Å². The van der Waals surface area contributed by atoms with Crippen molar-refractivity contribution >= 4 is 21.8 Å². The molecule has 0 bridgehead atoms. The van der Waals surface area contributed by atoms with Gasteiger partial charge in [0.25, 0.3) is 0 Å². The van der Waals surface area contributed by atoms with Crippen molar-refractivity contribution in [3.8, 4) is 0 Å². The van der Waals surface area contributed by atoms with E-state index in [9.17, 15) is 4.79 Å². The van der Waals surface area contributed by atoms with Crippen LogP contribution in [0.3, 0.4) is 0 Å². The van der Waals surface area contributed by atoms with Gasteiger partial charge >= 0.3 is 0 Å². The van der Waals surface area contributed by atoms with Crippen LogP contribution in [0, 0.1) is 5.41 Å². The van der Waals surface area contributed by atoms with Gasteiger partial charge in [0.1, 0.15) is 0 Å². The van der Waals surface area contributed by atoms with E-state index in [2.05, 4.69) is 41.6 Å². The molecule has 1 saturated heterocycles. The number of carbonyl (C=O) groups is 1. The monoisotopic (exact) mass is 290 g/mol. The van der Waals surface area contributed by atoms with Crippen LogP contribution >= 0.6 is 15.9 Å². The number of nitrogens with zero attached hydrogens (tertiary/aromatic N) is 2. The lowest BCUT2D eigenvalue weighted by atomic mass is 9.91. The van der Waals surface area contributed by atoms with Crippen LogP contribution in [-0.4, -0.2) is 53.8 Å². The zero-order valence-corrected chi connectivity index (χ0v) is 12.2. The van der Waals surface area contributed by atoms with Gasteiger partial charge in [-0.3, -0.25) is 9.69 Å². The van der Waals surface area contributed by atoms with E-state index in [-0.39, 0.29) is 5.41 Å². The highest BCUT2D eigenvalue weighted by atomic mass is 79.9. The number of halogens is 1. The summed E-state index contributed by atoms with van der Waals surface area (Å²) in [4.78, 5) is 16.4. The van der Waals surface area contributed by atoms with Crippen LogP contribution in [0.15, 0.2) is 0 Å². The molecule has 1 fully saturated rings. The molecular weight excluding hydrogens is 268 g/mol. The fraction of sp³-hybridized carbons (Fsp3) is 0.917. The number of hydrogen-bond acceptors (Lipinski definition) is 2. The minimum absolute atomic E-state index is 0.101. The van der Waals surface area contributed by atoms with E-state index < -0.39 is 0 Å². The van der Waals surface area contributed by atoms with Crippen LogP contribution in [0.4, 0.5) is 0 Å². The number of amides is 1. The lowest BCUT2D eigenvalue weighted by Gasteiger charge is -2.35. The molecule has 1 heterocycles. The Bertz CT molecular complexity index is 230. The molecule has 0 saturated carbocycles. The maximum absolute atomic E-state index is 12.0. The third kappa shape index (κ3) is 4.83. The first-order chi connectivity index (χ1) is 7.42. The third-order valence-corrected chi connectivity index (χ3v) is 3.16. The number of piperazine rings is 1. The number of carbonyl (C=O) groups excluding carboxylic acids is 1. The molecule has 0 unspecified atom stereocenters. The summed E-state index contributed by atoms with van der Waals surface area (Å²) in [5.41, 5.74) is 0.101. The SMILES string of the molecule is CC(C)(C)CC(=O)N1CCN(CCBr)CC1. The molecule has 3 nitrogen and oxygen atoms in total. The summed E-state index contributed by atoms with van der Waals surface area (Å²) in [6.07, 6.45) is 0.658. The fourth-order valence-electron chi connectivity index (χ4n) is 1.91. The van der Waals surface area contributed by atoms with Gasteiger partial charge in [-0.15, -0.1) is 0 Å². The van der Waals surface area contributed by atoms with Crippen LogP contribution in [0.5, 0.6) is 0 Å². The minimum atomic E-state index is 0.101. The Kier molecular flexibility index (Phi) is 5.25. The fourth-order valence-corrected chi connectivity index (χ4v) is 2.41. The second-order valence-corrected chi connectivity index (χ2v) is 6.44. The van der Waals surface area contributed by atoms with Gasteiger partial charge in [-0.05, 0) is 5.41 Å². The van der Waals surface area contributed by atoms with E-state index in [0.717, 1.165) is 38.1 Å². The molecule has 1 amide bonds. The van der Waals surface area contributed by atoms with Gasteiger partial charge in [0, 0.05) is 44.5 Å². The van der Waals surface area contributed by atoms with E-state index in [1.54, 1.807) is 0 Å². The van der Waals surface area contributed by atoms with Gasteiger partial charge in [0.15, 0.2) is 0 Å². The number of rotatable bonds is 3. The second-order valence-electron chi connectivity index (χ2n) is 5.65.